The lowest BCUT2D eigenvalue weighted by atomic mass is 10.1. The molecule has 24 heavy (non-hydrogen) atoms. The molecule has 2 aromatic carbocycles. The van der Waals surface area contributed by atoms with E-state index in [0.29, 0.717) is 17.6 Å². The summed E-state index contributed by atoms with van der Waals surface area (Å²) in [6.45, 7) is 0.488. The third-order valence-corrected chi connectivity index (χ3v) is 4.65. The van der Waals surface area contributed by atoms with Gasteiger partial charge in [0.1, 0.15) is 5.69 Å². The van der Waals surface area contributed by atoms with E-state index in [1.165, 1.54) is 4.90 Å². The van der Waals surface area contributed by atoms with Crippen LogP contribution in [0.15, 0.2) is 64.3 Å². The van der Waals surface area contributed by atoms with Crippen LogP contribution in [0.3, 0.4) is 0 Å². The fourth-order valence-electron chi connectivity index (χ4n) is 2.61. The third kappa shape index (κ3) is 3.36. The number of aromatic nitrogens is 1. The minimum atomic E-state index is -0.242. The summed E-state index contributed by atoms with van der Waals surface area (Å²) in [6.07, 6.45) is 2.03. The van der Waals surface area contributed by atoms with Crippen LogP contribution in [0.4, 0.5) is 0 Å². The summed E-state index contributed by atoms with van der Waals surface area (Å²) < 4.78 is 0. The maximum absolute atomic E-state index is 12.6. The second-order valence-corrected chi connectivity index (χ2v) is 6.49. The summed E-state index contributed by atoms with van der Waals surface area (Å²) in [5.74, 6) is -0.202. The number of aromatic amines is 1. The molecule has 4 nitrogen and oxygen atoms in total. The van der Waals surface area contributed by atoms with E-state index in [2.05, 4.69) is 4.98 Å². The maximum atomic E-state index is 12.6. The Kier molecular flexibility index (Phi) is 4.71. The number of carbonyl (C=O) groups excluding carboxylic acids is 1. The first kappa shape index (κ1) is 16.3. The highest BCUT2D eigenvalue weighted by atomic mass is 32.2. The predicted molar refractivity (Wildman–Crippen MR) is 98.6 cm³/mol. The van der Waals surface area contributed by atoms with Gasteiger partial charge in [0, 0.05) is 23.9 Å². The smallest absolute Gasteiger partial charge is 0.270 e. The number of rotatable bonds is 4. The Bertz CT molecular complexity index is 932. The number of pyridine rings is 1. The summed E-state index contributed by atoms with van der Waals surface area (Å²) in [5, 5.41) is 1.35. The van der Waals surface area contributed by atoms with Crippen LogP contribution in [0.5, 0.6) is 0 Å². The monoisotopic (exact) mass is 338 g/mol. The minimum Gasteiger partial charge on any atom is -0.336 e. The number of nitrogens with one attached hydrogen (secondary N) is 1. The Balaban J connectivity index is 1.83. The van der Waals surface area contributed by atoms with E-state index in [4.69, 9.17) is 0 Å². The summed E-state index contributed by atoms with van der Waals surface area (Å²) >= 11 is 1.68. The van der Waals surface area contributed by atoms with Gasteiger partial charge in [-0.05, 0) is 41.5 Å². The van der Waals surface area contributed by atoms with Gasteiger partial charge in [0.05, 0.1) is 0 Å². The lowest BCUT2D eigenvalue weighted by molar-refractivity contribution is 0.0779. The normalized spacial score (nSPS) is 10.8. The highest BCUT2D eigenvalue weighted by Gasteiger charge is 2.14. The molecule has 0 bridgehead atoms. The van der Waals surface area contributed by atoms with Gasteiger partial charge in [0.15, 0.2) is 0 Å². The van der Waals surface area contributed by atoms with E-state index < -0.39 is 0 Å². The zero-order valence-electron chi connectivity index (χ0n) is 13.6. The molecule has 0 fully saturated rings. The first-order chi connectivity index (χ1) is 11.6. The summed E-state index contributed by atoms with van der Waals surface area (Å²) in [4.78, 5) is 30.2. The highest BCUT2D eigenvalue weighted by molar-refractivity contribution is 7.98. The quantitative estimate of drug-likeness (QED) is 0.741. The zero-order chi connectivity index (χ0) is 17.1. The Morgan fingerprint density at radius 3 is 2.54 bits per heavy atom. The van der Waals surface area contributed by atoms with Gasteiger partial charge in [0.25, 0.3) is 11.5 Å². The molecule has 3 rings (SSSR count). The molecule has 0 unspecified atom stereocenters. The van der Waals surface area contributed by atoms with E-state index in [1.54, 1.807) is 35.8 Å². The van der Waals surface area contributed by atoms with Crippen LogP contribution in [0.1, 0.15) is 16.1 Å². The van der Waals surface area contributed by atoms with Crippen LogP contribution in [0.25, 0.3) is 10.8 Å². The van der Waals surface area contributed by atoms with E-state index in [-0.39, 0.29) is 11.5 Å². The van der Waals surface area contributed by atoms with Gasteiger partial charge in [-0.15, -0.1) is 11.8 Å². The molecule has 0 aliphatic heterocycles. The summed E-state index contributed by atoms with van der Waals surface area (Å²) in [5.41, 5.74) is 1.11. The largest absolute Gasteiger partial charge is 0.336 e. The molecular formula is C19H18N2O2S. The molecule has 3 aromatic rings. The molecule has 0 radical (unpaired) electrons. The molecule has 5 heteroatoms. The summed E-state index contributed by atoms with van der Waals surface area (Å²) in [6, 6.07) is 17.1. The zero-order valence-corrected chi connectivity index (χ0v) is 14.4. The lowest BCUT2D eigenvalue weighted by Crippen LogP contribution is -2.28. The molecule has 0 spiro atoms. The van der Waals surface area contributed by atoms with Crippen LogP contribution in [0, 0.1) is 0 Å². The average molecular weight is 338 g/mol. The lowest BCUT2D eigenvalue weighted by Gasteiger charge is -2.17. The number of fused-ring (bicyclic) bond motifs is 1. The van der Waals surface area contributed by atoms with Crippen molar-refractivity contribution in [3.63, 3.8) is 0 Å². The summed E-state index contributed by atoms with van der Waals surface area (Å²) in [7, 11) is 1.73. The molecule has 0 aliphatic rings. The van der Waals surface area contributed by atoms with Crippen molar-refractivity contribution in [2.45, 2.75) is 11.4 Å². The maximum Gasteiger partial charge on any atom is 0.270 e. The second kappa shape index (κ2) is 6.93. The third-order valence-electron chi connectivity index (χ3n) is 3.91. The first-order valence-electron chi connectivity index (χ1n) is 7.59. The standard InChI is InChI=1S/C19H18N2O2S/c1-21(12-13-7-9-15(24-2)10-8-13)19(23)17-11-14-5-3-4-6-16(14)18(22)20-17/h3-11H,12H2,1-2H3,(H,20,22). The number of benzene rings is 2. The number of amides is 1. The van der Waals surface area contributed by atoms with Gasteiger partial charge in [-0.3, -0.25) is 9.59 Å². The van der Waals surface area contributed by atoms with Crippen molar-refractivity contribution >= 4 is 28.4 Å². The highest BCUT2D eigenvalue weighted by Crippen LogP contribution is 2.16. The van der Waals surface area contributed by atoms with E-state index in [9.17, 15) is 9.59 Å². The van der Waals surface area contributed by atoms with Gasteiger partial charge >= 0.3 is 0 Å². The first-order valence-corrected chi connectivity index (χ1v) is 8.81. The predicted octanol–water partition coefficient (Wildman–Crippen LogP) is 3.52. The van der Waals surface area contributed by atoms with Gasteiger partial charge in [-0.1, -0.05) is 30.3 Å². The van der Waals surface area contributed by atoms with Gasteiger partial charge in [-0.2, -0.15) is 0 Å². The van der Waals surface area contributed by atoms with Crippen molar-refractivity contribution in [3.05, 3.63) is 76.2 Å². The minimum absolute atomic E-state index is 0.202. The number of nitrogens with zero attached hydrogens (tertiary/aromatic N) is 1. The van der Waals surface area contributed by atoms with Crippen molar-refractivity contribution in [3.8, 4) is 0 Å². The molecular weight excluding hydrogens is 320 g/mol. The van der Waals surface area contributed by atoms with Gasteiger partial charge in [-0.25, -0.2) is 0 Å². The van der Waals surface area contributed by atoms with Crippen molar-refractivity contribution in [2.24, 2.45) is 0 Å². The number of carbonyl (C=O) groups is 1. The molecule has 0 saturated heterocycles. The Morgan fingerprint density at radius 1 is 1.12 bits per heavy atom. The molecule has 122 valence electrons. The number of hydrogen-bond acceptors (Lipinski definition) is 3. The molecule has 0 saturated carbocycles. The van der Waals surface area contributed by atoms with Gasteiger partial charge in [0.2, 0.25) is 0 Å². The Hall–Kier alpha value is -2.53. The molecule has 1 heterocycles. The SMILES string of the molecule is CSc1ccc(CN(C)C(=O)c2cc3ccccc3c(=O)[nH]2)cc1. The second-order valence-electron chi connectivity index (χ2n) is 5.61. The van der Waals surface area contributed by atoms with E-state index in [0.717, 1.165) is 10.9 Å². The van der Waals surface area contributed by atoms with Crippen LogP contribution < -0.4 is 5.56 Å². The van der Waals surface area contributed by atoms with E-state index in [1.807, 2.05) is 48.7 Å². The van der Waals surface area contributed by atoms with Crippen LogP contribution in [-0.2, 0) is 6.54 Å². The van der Waals surface area contributed by atoms with Crippen molar-refractivity contribution in [2.75, 3.05) is 13.3 Å². The molecule has 0 aliphatic carbocycles. The number of H-pyrrole nitrogens is 1. The topological polar surface area (TPSA) is 53.2 Å². The average Bonchev–Trinajstić information content (AvgIpc) is 2.61. The number of thioether (sulfide) groups is 1. The van der Waals surface area contributed by atoms with Crippen LogP contribution in [-0.4, -0.2) is 29.1 Å². The van der Waals surface area contributed by atoms with Gasteiger partial charge < -0.3 is 9.88 Å². The van der Waals surface area contributed by atoms with Crippen molar-refractivity contribution < 1.29 is 4.79 Å². The Labute approximate surface area is 144 Å². The number of hydrogen-bond donors (Lipinski definition) is 1. The molecule has 1 N–H and O–H groups in total. The van der Waals surface area contributed by atoms with Crippen molar-refractivity contribution in [1.29, 1.82) is 0 Å². The van der Waals surface area contributed by atoms with Crippen LogP contribution >= 0.6 is 11.8 Å². The fraction of sp³-hybridized carbons (Fsp3) is 0.158. The molecule has 0 atom stereocenters. The van der Waals surface area contributed by atoms with E-state index >= 15 is 0 Å². The molecule has 1 amide bonds. The molecule has 1 aromatic heterocycles. The fourth-order valence-corrected chi connectivity index (χ4v) is 3.02. The Morgan fingerprint density at radius 2 is 1.83 bits per heavy atom. The van der Waals surface area contributed by atoms with Crippen molar-refractivity contribution in [1.82, 2.24) is 9.88 Å². The van der Waals surface area contributed by atoms with Crippen LogP contribution in [0.2, 0.25) is 0 Å².